The summed E-state index contributed by atoms with van der Waals surface area (Å²) in [5, 5.41) is 12.0. The van der Waals surface area contributed by atoms with Gasteiger partial charge < -0.3 is 14.7 Å². The molecule has 2 heterocycles. The highest BCUT2D eigenvalue weighted by Gasteiger charge is 2.50. The number of amides is 1. The molecule has 1 spiro atoms. The molecule has 0 saturated heterocycles. The zero-order valence-corrected chi connectivity index (χ0v) is 30.4. The largest absolute Gasteiger partial charge is 0.490 e. The number of fused-ring (bicyclic) bond motifs is 4. The number of ether oxygens (including phenoxy) is 1. The Hall–Kier alpha value is -2.64. The van der Waals surface area contributed by atoms with Crippen molar-refractivity contribution in [1.82, 2.24) is 9.03 Å². The lowest BCUT2D eigenvalue weighted by Crippen LogP contribution is -2.55. The third-order valence-corrected chi connectivity index (χ3v) is 15.3. The van der Waals surface area contributed by atoms with E-state index < -0.39 is 48.5 Å². The van der Waals surface area contributed by atoms with Gasteiger partial charge in [0.15, 0.2) is 0 Å². The molecule has 0 unspecified atom stereocenters. The van der Waals surface area contributed by atoms with E-state index >= 15 is 0 Å². The van der Waals surface area contributed by atoms with Crippen molar-refractivity contribution in [2.24, 2.45) is 17.8 Å². The highest BCUT2D eigenvalue weighted by atomic mass is 35.5. The minimum Gasteiger partial charge on any atom is -0.490 e. The van der Waals surface area contributed by atoms with E-state index in [0.717, 1.165) is 30.0 Å². The average Bonchev–Trinajstić information content (AvgIpc) is 3.14. The summed E-state index contributed by atoms with van der Waals surface area (Å²) in [4.78, 5) is 15.7. The number of anilines is 1. The van der Waals surface area contributed by atoms with Gasteiger partial charge in [-0.25, -0.2) is 25.9 Å². The van der Waals surface area contributed by atoms with Crippen LogP contribution in [-0.4, -0.2) is 82.6 Å². The van der Waals surface area contributed by atoms with Crippen molar-refractivity contribution < 1.29 is 31.5 Å². The summed E-state index contributed by atoms with van der Waals surface area (Å²) in [6, 6.07) is 11.0. The summed E-state index contributed by atoms with van der Waals surface area (Å²) < 4.78 is 63.1. The molecule has 0 aromatic heterocycles. The van der Waals surface area contributed by atoms with Gasteiger partial charge in [-0.1, -0.05) is 36.7 Å². The number of hydrogen-bond acceptors (Lipinski definition) is 8. The molecule has 2 aliphatic carbocycles. The van der Waals surface area contributed by atoms with Crippen LogP contribution >= 0.6 is 11.6 Å². The lowest BCUT2D eigenvalue weighted by atomic mass is 9.64. The Kier molecular flexibility index (Phi) is 9.47. The van der Waals surface area contributed by atoms with E-state index in [1.165, 1.54) is 25.2 Å². The van der Waals surface area contributed by atoms with Crippen LogP contribution in [-0.2, 0) is 31.9 Å². The Balaban J connectivity index is 1.47. The van der Waals surface area contributed by atoms with Crippen LogP contribution < -0.4 is 14.4 Å². The number of nitrogens with one attached hydrogen (secondary N) is 1. The van der Waals surface area contributed by atoms with Crippen molar-refractivity contribution in [3.8, 4) is 5.75 Å². The van der Waals surface area contributed by atoms with Crippen LogP contribution in [0.1, 0.15) is 67.4 Å². The van der Waals surface area contributed by atoms with Gasteiger partial charge in [0.2, 0.25) is 20.0 Å². The minimum atomic E-state index is -4.07. The van der Waals surface area contributed by atoms with Gasteiger partial charge in [-0.05, 0) is 105 Å². The van der Waals surface area contributed by atoms with Crippen LogP contribution in [0.25, 0.3) is 0 Å². The smallest absolute Gasteiger partial charge is 0.264 e. The van der Waals surface area contributed by atoms with Crippen molar-refractivity contribution in [1.29, 1.82) is 0 Å². The summed E-state index contributed by atoms with van der Waals surface area (Å²) in [7, 11) is -4.95. The van der Waals surface area contributed by atoms with Gasteiger partial charge in [0, 0.05) is 43.2 Å². The fourth-order valence-corrected chi connectivity index (χ4v) is 10.6. The van der Waals surface area contributed by atoms with Gasteiger partial charge in [-0.15, -0.1) is 0 Å². The predicted octanol–water partition coefficient (Wildman–Crippen LogP) is 4.51. The fraction of sp³-hybridized carbons (Fsp3) is 0.571. The van der Waals surface area contributed by atoms with E-state index in [-0.39, 0.29) is 29.2 Å². The lowest BCUT2D eigenvalue weighted by molar-refractivity contribution is -0.0294. The van der Waals surface area contributed by atoms with Crippen LogP contribution in [0, 0.1) is 17.8 Å². The molecule has 6 atom stereocenters. The van der Waals surface area contributed by atoms with Crippen LogP contribution in [0.4, 0.5) is 5.69 Å². The van der Waals surface area contributed by atoms with E-state index in [1.54, 1.807) is 44.2 Å². The van der Waals surface area contributed by atoms with Crippen molar-refractivity contribution in [3.63, 3.8) is 0 Å². The molecular weight excluding hydrogens is 674 g/mol. The van der Waals surface area contributed by atoms with Crippen molar-refractivity contribution in [2.75, 3.05) is 44.4 Å². The molecule has 2 aromatic rings. The molecule has 2 bridgehead atoms. The molecule has 13 heteroatoms. The highest BCUT2D eigenvalue weighted by Crippen LogP contribution is 2.48. The number of hydrogen-bond donors (Lipinski definition) is 2. The molecule has 2 aliphatic heterocycles. The first-order valence-electron chi connectivity index (χ1n) is 16.7. The lowest BCUT2D eigenvalue weighted by Gasteiger charge is -2.49. The summed E-state index contributed by atoms with van der Waals surface area (Å²) in [6.07, 6.45) is 7.70. The molecule has 1 amide bonds. The third kappa shape index (κ3) is 6.63. The summed E-state index contributed by atoms with van der Waals surface area (Å²) in [6.45, 7) is 4.75. The number of nitrogens with zero attached hydrogens (tertiary/aromatic N) is 2. The van der Waals surface area contributed by atoms with E-state index in [2.05, 4.69) is 15.7 Å². The quantitative estimate of drug-likeness (QED) is 0.443. The second-order valence-corrected chi connectivity index (χ2v) is 19.2. The van der Waals surface area contributed by atoms with Crippen molar-refractivity contribution >= 4 is 43.2 Å². The maximum absolute atomic E-state index is 13.5. The SMILES string of the molecule is C[C@@H]1[C@@H](C)C/C=C\[C@@](O)(CS(=O)(=O)N(C)C)[C@@H]2CC[C@H]2CN2C[C@@]3(CCCc4cc(Cl)ccc43)COc3ccc(cc32)C(=O)NS1(=O)=O. The molecular formula is C35H46ClN3O7S2. The van der Waals surface area contributed by atoms with E-state index in [0.29, 0.717) is 42.6 Å². The number of aliphatic hydroxyl groups is 1. The number of carbonyl (C=O) groups excluding carboxylic acids is 1. The molecule has 1 fully saturated rings. The molecule has 48 heavy (non-hydrogen) atoms. The van der Waals surface area contributed by atoms with E-state index in [9.17, 15) is 26.7 Å². The zero-order valence-electron chi connectivity index (χ0n) is 28.0. The Morgan fingerprint density at radius 1 is 1.15 bits per heavy atom. The Labute approximate surface area is 289 Å². The number of sulfonamides is 2. The number of carbonyl (C=O) groups is 1. The Morgan fingerprint density at radius 3 is 2.62 bits per heavy atom. The second kappa shape index (κ2) is 12.9. The summed E-state index contributed by atoms with van der Waals surface area (Å²) in [5.41, 5.74) is 1.16. The molecule has 10 nitrogen and oxygen atoms in total. The van der Waals surface area contributed by atoms with Gasteiger partial charge in [-0.3, -0.25) is 4.79 Å². The number of allylic oxidation sites excluding steroid dienone is 1. The minimum absolute atomic E-state index is 0.0598. The van der Waals surface area contributed by atoms with E-state index in [1.807, 2.05) is 12.1 Å². The van der Waals surface area contributed by atoms with E-state index in [4.69, 9.17) is 16.3 Å². The highest BCUT2D eigenvalue weighted by molar-refractivity contribution is 7.90. The topological polar surface area (TPSA) is 133 Å². The molecule has 2 N–H and O–H groups in total. The fourth-order valence-electron chi connectivity index (χ4n) is 7.95. The molecule has 0 radical (unpaired) electrons. The van der Waals surface area contributed by atoms with Crippen LogP contribution in [0.2, 0.25) is 5.02 Å². The normalized spacial score (nSPS) is 32.6. The average molecular weight is 720 g/mol. The number of halogens is 1. The summed E-state index contributed by atoms with van der Waals surface area (Å²) in [5.74, 6) is -1.45. The molecule has 262 valence electrons. The first kappa shape index (κ1) is 35.2. The monoisotopic (exact) mass is 719 g/mol. The molecule has 1 saturated carbocycles. The maximum atomic E-state index is 13.5. The van der Waals surface area contributed by atoms with Crippen molar-refractivity contribution in [2.45, 2.75) is 68.6 Å². The van der Waals surface area contributed by atoms with Gasteiger partial charge >= 0.3 is 0 Å². The molecule has 6 rings (SSSR count). The van der Waals surface area contributed by atoms with Crippen LogP contribution in [0.3, 0.4) is 0 Å². The summed E-state index contributed by atoms with van der Waals surface area (Å²) >= 11 is 6.41. The number of aryl methyl sites for hydroxylation is 1. The van der Waals surface area contributed by atoms with Gasteiger partial charge in [0.05, 0.1) is 23.3 Å². The van der Waals surface area contributed by atoms with Gasteiger partial charge in [-0.2, -0.15) is 0 Å². The molecule has 4 aliphatic rings. The van der Waals surface area contributed by atoms with Gasteiger partial charge in [0.1, 0.15) is 11.4 Å². The zero-order chi connectivity index (χ0) is 34.6. The number of rotatable bonds is 3. The van der Waals surface area contributed by atoms with Crippen molar-refractivity contribution in [3.05, 3.63) is 70.3 Å². The maximum Gasteiger partial charge on any atom is 0.264 e. The Bertz CT molecular complexity index is 1830. The first-order chi connectivity index (χ1) is 22.5. The molecule has 2 aromatic carbocycles. The third-order valence-electron chi connectivity index (χ3n) is 11.2. The van der Waals surface area contributed by atoms with Crippen LogP contribution in [0.5, 0.6) is 5.75 Å². The number of benzene rings is 2. The Morgan fingerprint density at radius 2 is 1.92 bits per heavy atom. The second-order valence-electron chi connectivity index (χ2n) is 14.6. The van der Waals surface area contributed by atoms with Crippen LogP contribution in [0.15, 0.2) is 48.6 Å². The van der Waals surface area contributed by atoms with Gasteiger partial charge in [0.25, 0.3) is 5.91 Å². The standard InChI is InChI=1S/C35H46ClN3O7S2/c1-23-7-5-16-35(41,22-47(42,43)38(3)4)30-12-9-27(30)19-39-20-34(15-6-8-25-17-28(36)11-13-29(25)34)21-46-32-14-10-26(18-31(32)39)33(40)37-48(44,45)24(23)2/h5,10-11,13-14,16-18,23-24,27,30,41H,6-9,12,15,19-22H2,1-4H3,(H,37,40)/b16-5-/t23-,24+,27-,30+,34-,35+/m0/s1. The first-order valence-corrected chi connectivity index (χ1v) is 20.2. The predicted molar refractivity (Wildman–Crippen MR) is 188 cm³/mol.